The Bertz CT molecular complexity index is 348. The lowest BCUT2D eigenvalue weighted by Crippen LogP contribution is -2.35. The molecular weight excluding hydrogens is 158 g/mol. The fraction of sp³-hybridized carbons (Fsp3) is 0.333. The maximum atomic E-state index is 5.96. The molecule has 0 saturated carbocycles. The van der Waals surface area contributed by atoms with Gasteiger partial charge in [-0.25, -0.2) is 0 Å². The average Bonchev–Trinajstić information content (AvgIpc) is 2.07. The molecule has 0 spiro atoms. The molecule has 1 aliphatic carbocycles. The summed E-state index contributed by atoms with van der Waals surface area (Å²) in [5.74, 6) is 3.12. The van der Waals surface area contributed by atoms with Gasteiger partial charge in [0.05, 0.1) is 0 Å². The Hall–Kier alpha value is -1.26. The minimum atomic E-state index is 0.139. The topological polar surface area (TPSA) is 26.0 Å². The predicted molar refractivity (Wildman–Crippen MR) is 54.3 cm³/mol. The molecule has 66 valence electrons. The van der Waals surface area contributed by atoms with Crippen molar-refractivity contribution in [3.63, 3.8) is 0 Å². The molecule has 0 amide bonds. The molecule has 0 heterocycles. The molecule has 1 aromatic carbocycles. The predicted octanol–water partition coefficient (Wildman–Crippen LogP) is 1.68. The second-order valence-corrected chi connectivity index (χ2v) is 3.58. The van der Waals surface area contributed by atoms with Crippen molar-refractivity contribution in [1.29, 1.82) is 0 Å². The van der Waals surface area contributed by atoms with Crippen LogP contribution in [-0.2, 0) is 6.42 Å². The fourth-order valence-electron chi connectivity index (χ4n) is 1.96. The second kappa shape index (κ2) is 3.24. The third-order valence-electron chi connectivity index (χ3n) is 2.76. The van der Waals surface area contributed by atoms with E-state index in [1.54, 1.807) is 0 Å². The SMILES string of the molecule is C#CCC(N)C1Cc2ccccc21. The van der Waals surface area contributed by atoms with Crippen LogP contribution in [0.25, 0.3) is 0 Å². The fourth-order valence-corrected chi connectivity index (χ4v) is 1.96. The van der Waals surface area contributed by atoms with Crippen LogP contribution < -0.4 is 5.73 Å². The van der Waals surface area contributed by atoms with Crippen molar-refractivity contribution < 1.29 is 0 Å². The van der Waals surface area contributed by atoms with E-state index in [2.05, 4.69) is 30.2 Å². The Morgan fingerprint density at radius 1 is 1.54 bits per heavy atom. The van der Waals surface area contributed by atoms with E-state index in [1.165, 1.54) is 11.1 Å². The normalized spacial score (nSPS) is 21.1. The molecular formula is C12H13N. The molecule has 1 aromatic rings. The molecule has 0 radical (unpaired) electrons. The number of rotatable bonds is 2. The Morgan fingerprint density at radius 2 is 2.31 bits per heavy atom. The maximum Gasteiger partial charge on any atom is 0.0244 e. The highest BCUT2D eigenvalue weighted by Crippen LogP contribution is 2.37. The van der Waals surface area contributed by atoms with Crippen molar-refractivity contribution in [2.45, 2.75) is 24.8 Å². The van der Waals surface area contributed by atoms with Crippen LogP contribution in [0.2, 0.25) is 0 Å². The Labute approximate surface area is 79.0 Å². The standard InChI is InChI=1S/C12H13N/c1-2-5-12(13)11-8-9-6-3-4-7-10(9)11/h1,3-4,6-7,11-12H,5,8,13H2. The highest BCUT2D eigenvalue weighted by atomic mass is 14.7. The smallest absolute Gasteiger partial charge is 0.0244 e. The number of nitrogens with two attached hydrogens (primary N) is 1. The molecule has 0 saturated heterocycles. The van der Waals surface area contributed by atoms with Crippen LogP contribution in [0.4, 0.5) is 0 Å². The molecule has 0 fully saturated rings. The molecule has 2 rings (SSSR count). The van der Waals surface area contributed by atoms with Gasteiger partial charge in [0.15, 0.2) is 0 Å². The van der Waals surface area contributed by atoms with Gasteiger partial charge in [0, 0.05) is 18.4 Å². The molecule has 0 aromatic heterocycles. The van der Waals surface area contributed by atoms with Crippen LogP contribution in [0.1, 0.15) is 23.5 Å². The molecule has 1 aliphatic rings. The van der Waals surface area contributed by atoms with Crippen molar-refractivity contribution in [2.75, 3.05) is 0 Å². The van der Waals surface area contributed by atoms with Gasteiger partial charge in [-0.15, -0.1) is 12.3 Å². The number of benzene rings is 1. The Kier molecular flexibility index (Phi) is 2.08. The molecule has 2 N–H and O–H groups in total. The minimum absolute atomic E-state index is 0.139. The number of hydrogen-bond donors (Lipinski definition) is 1. The van der Waals surface area contributed by atoms with Crippen molar-refractivity contribution in [3.8, 4) is 12.3 Å². The molecule has 13 heavy (non-hydrogen) atoms. The van der Waals surface area contributed by atoms with E-state index in [9.17, 15) is 0 Å². The van der Waals surface area contributed by atoms with Gasteiger partial charge >= 0.3 is 0 Å². The van der Waals surface area contributed by atoms with Gasteiger partial charge in [-0.2, -0.15) is 0 Å². The molecule has 2 unspecified atom stereocenters. The van der Waals surface area contributed by atoms with E-state index in [0.717, 1.165) is 6.42 Å². The van der Waals surface area contributed by atoms with Gasteiger partial charge in [0.25, 0.3) is 0 Å². The zero-order valence-electron chi connectivity index (χ0n) is 7.53. The quantitative estimate of drug-likeness (QED) is 0.673. The van der Waals surface area contributed by atoms with E-state index in [1.807, 2.05) is 0 Å². The van der Waals surface area contributed by atoms with Gasteiger partial charge in [-0.1, -0.05) is 24.3 Å². The first-order valence-corrected chi connectivity index (χ1v) is 4.59. The summed E-state index contributed by atoms with van der Waals surface area (Å²) in [5.41, 5.74) is 8.79. The number of terminal acetylenes is 1. The van der Waals surface area contributed by atoms with E-state index in [0.29, 0.717) is 12.3 Å². The van der Waals surface area contributed by atoms with Crippen LogP contribution in [0, 0.1) is 12.3 Å². The van der Waals surface area contributed by atoms with Crippen LogP contribution in [-0.4, -0.2) is 6.04 Å². The Morgan fingerprint density at radius 3 is 3.00 bits per heavy atom. The summed E-state index contributed by atoms with van der Waals surface area (Å²) in [5, 5.41) is 0. The summed E-state index contributed by atoms with van der Waals surface area (Å²) >= 11 is 0. The summed E-state index contributed by atoms with van der Waals surface area (Å²) in [7, 11) is 0. The van der Waals surface area contributed by atoms with E-state index in [-0.39, 0.29) is 6.04 Å². The van der Waals surface area contributed by atoms with Gasteiger partial charge in [0.2, 0.25) is 0 Å². The lowest BCUT2D eigenvalue weighted by Gasteiger charge is -2.33. The van der Waals surface area contributed by atoms with Crippen molar-refractivity contribution in [2.24, 2.45) is 5.73 Å². The van der Waals surface area contributed by atoms with Gasteiger partial charge < -0.3 is 5.73 Å². The molecule has 0 aliphatic heterocycles. The van der Waals surface area contributed by atoms with Crippen molar-refractivity contribution >= 4 is 0 Å². The monoisotopic (exact) mass is 171 g/mol. The summed E-state index contributed by atoms with van der Waals surface area (Å²) in [6, 6.07) is 8.59. The van der Waals surface area contributed by atoms with Crippen molar-refractivity contribution in [3.05, 3.63) is 35.4 Å². The molecule has 2 atom stereocenters. The van der Waals surface area contributed by atoms with Crippen molar-refractivity contribution in [1.82, 2.24) is 0 Å². The first-order valence-electron chi connectivity index (χ1n) is 4.59. The maximum absolute atomic E-state index is 5.96. The van der Waals surface area contributed by atoms with Crippen LogP contribution in [0.5, 0.6) is 0 Å². The van der Waals surface area contributed by atoms with Gasteiger partial charge in [0.1, 0.15) is 0 Å². The first-order chi connectivity index (χ1) is 6.33. The van der Waals surface area contributed by atoms with E-state index in [4.69, 9.17) is 12.2 Å². The van der Waals surface area contributed by atoms with Crippen LogP contribution >= 0.6 is 0 Å². The number of hydrogen-bond acceptors (Lipinski definition) is 1. The minimum Gasteiger partial charge on any atom is -0.326 e. The lowest BCUT2D eigenvalue weighted by molar-refractivity contribution is 0.491. The zero-order chi connectivity index (χ0) is 9.26. The average molecular weight is 171 g/mol. The highest BCUT2D eigenvalue weighted by molar-refractivity contribution is 5.41. The Balaban J connectivity index is 2.14. The third-order valence-corrected chi connectivity index (χ3v) is 2.76. The van der Waals surface area contributed by atoms with Crippen LogP contribution in [0.15, 0.2) is 24.3 Å². The van der Waals surface area contributed by atoms with Crippen LogP contribution in [0.3, 0.4) is 0 Å². The number of fused-ring (bicyclic) bond motifs is 1. The van der Waals surface area contributed by atoms with Gasteiger partial charge in [-0.3, -0.25) is 0 Å². The lowest BCUT2D eigenvalue weighted by atomic mass is 9.73. The second-order valence-electron chi connectivity index (χ2n) is 3.58. The first kappa shape index (κ1) is 8.34. The summed E-state index contributed by atoms with van der Waals surface area (Å²) in [6.45, 7) is 0. The zero-order valence-corrected chi connectivity index (χ0v) is 7.53. The van der Waals surface area contributed by atoms with E-state index >= 15 is 0 Å². The highest BCUT2D eigenvalue weighted by Gasteiger charge is 2.29. The summed E-state index contributed by atoms with van der Waals surface area (Å²) in [4.78, 5) is 0. The summed E-state index contributed by atoms with van der Waals surface area (Å²) < 4.78 is 0. The molecule has 1 heteroatoms. The molecule has 0 bridgehead atoms. The summed E-state index contributed by atoms with van der Waals surface area (Å²) in [6.07, 6.45) is 7.01. The largest absolute Gasteiger partial charge is 0.326 e. The third kappa shape index (κ3) is 1.34. The van der Waals surface area contributed by atoms with Gasteiger partial charge in [-0.05, 0) is 17.5 Å². The van der Waals surface area contributed by atoms with E-state index < -0.39 is 0 Å². The molecule has 1 nitrogen and oxygen atoms in total.